The van der Waals surface area contributed by atoms with Crippen LogP contribution in [0.2, 0.25) is 15.1 Å². The van der Waals surface area contributed by atoms with E-state index in [4.69, 9.17) is 44.3 Å². The molecule has 132 valence electrons. The fraction of sp³-hybridized carbons (Fsp3) is 0.222. The average Bonchev–Trinajstić information content (AvgIpc) is 2.59. The first-order valence-electron chi connectivity index (χ1n) is 7.56. The van der Waals surface area contributed by atoms with Gasteiger partial charge < -0.3 is 9.47 Å². The van der Waals surface area contributed by atoms with Crippen LogP contribution in [-0.2, 0) is 4.74 Å². The van der Waals surface area contributed by atoms with Crippen LogP contribution in [-0.4, -0.2) is 18.5 Å². The number of carbonyl (C=O) groups is 2. The molecule has 2 aromatic carbocycles. The predicted molar refractivity (Wildman–Crippen MR) is 98.1 cm³/mol. The minimum absolute atomic E-state index is 0.0418. The standard InChI is InChI=1S/C18H15Cl3O4/c1-2-3-7-24-17(22)11-5-4-6-12(8-11)18(23)25-15-10-13(19)9-14(20)16(15)21/h4-6,8-10H,2-3,7H2,1H3. The zero-order valence-electron chi connectivity index (χ0n) is 13.4. The van der Waals surface area contributed by atoms with Crippen molar-refractivity contribution in [2.24, 2.45) is 0 Å². The Morgan fingerprint density at radius 1 is 1.00 bits per heavy atom. The van der Waals surface area contributed by atoms with Crippen molar-refractivity contribution >= 4 is 46.7 Å². The lowest BCUT2D eigenvalue weighted by molar-refractivity contribution is 0.0499. The van der Waals surface area contributed by atoms with Crippen molar-refractivity contribution in [2.45, 2.75) is 19.8 Å². The Morgan fingerprint density at radius 2 is 1.68 bits per heavy atom. The molecule has 0 unspecified atom stereocenters. The SMILES string of the molecule is CCCCOC(=O)c1cccc(C(=O)Oc2cc(Cl)cc(Cl)c2Cl)c1. The fourth-order valence-electron chi connectivity index (χ4n) is 1.93. The molecule has 0 saturated heterocycles. The summed E-state index contributed by atoms with van der Waals surface area (Å²) in [5.41, 5.74) is 0.442. The topological polar surface area (TPSA) is 52.6 Å². The van der Waals surface area contributed by atoms with E-state index in [0.29, 0.717) is 6.61 Å². The van der Waals surface area contributed by atoms with E-state index in [-0.39, 0.29) is 31.9 Å². The number of hydrogen-bond acceptors (Lipinski definition) is 4. The molecule has 0 bridgehead atoms. The Morgan fingerprint density at radius 3 is 2.36 bits per heavy atom. The summed E-state index contributed by atoms with van der Waals surface area (Å²) in [7, 11) is 0. The number of ether oxygens (including phenoxy) is 2. The molecule has 25 heavy (non-hydrogen) atoms. The molecule has 0 aliphatic rings. The highest BCUT2D eigenvalue weighted by Crippen LogP contribution is 2.35. The van der Waals surface area contributed by atoms with Crippen molar-refractivity contribution < 1.29 is 19.1 Å². The number of benzene rings is 2. The van der Waals surface area contributed by atoms with Crippen molar-refractivity contribution in [3.8, 4) is 5.75 Å². The lowest BCUT2D eigenvalue weighted by atomic mass is 10.1. The van der Waals surface area contributed by atoms with Gasteiger partial charge in [0.2, 0.25) is 0 Å². The molecule has 2 rings (SSSR count). The summed E-state index contributed by atoms with van der Waals surface area (Å²) in [5.74, 6) is -1.14. The van der Waals surface area contributed by atoms with Gasteiger partial charge in [-0.25, -0.2) is 9.59 Å². The first-order valence-corrected chi connectivity index (χ1v) is 8.69. The molecule has 0 aromatic heterocycles. The van der Waals surface area contributed by atoms with Gasteiger partial charge in [-0.1, -0.05) is 54.2 Å². The van der Waals surface area contributed by atoms with Gasteiger partial charge in [-0.2, -0.15) is 0 Å². The molecule has 0 spiro atoms. The van der Waals surface area contributed by atoms with Gasteiger partial charge in [-0.3, -0.25) is 0 Å². The minimum Gasteiger partial charge on any atom is -0.462 e. The lowest BCUT2D eigenvalue weighted by Gasteiger charge is -2.09. The molecule has 0 aliphatic heterocycles. The highest BCUT2D eigenvalue weighted by atomic mass is 35.5. The number of esters is 2. The Hall–Kier alpha value is -1.75. The number of carbonyl (C=O) groups excluding carboxylic acids is 2. The highest BCUT2D eigenvalue weighted by Gasteiger charge is 2.16. The van der Waals surface area contributed by atoms with E-state index in [1.165, 1.54) is 24.3 Å². The second kappa shape index (κ2) is 9.09. The number of rotatable bonds is 6. The molecule has 4 nitrogen and oxygen atoms in total. The van der Waals surface area contributed by atoms with Gasteiger partial charge in [0.25, 0.3) is 0 Å². The van der Waals surface area contributed by atoms with Crippen LogP contribution in [0.15, 0.2) is 36.4 Å². The van der Waals surface area contributed by atoms with Crippen LogP contribution in [0.1, 0.15) is 40.5 Å². The summed E-state index contributed by atoms with van der Waals surface area (Å²) in [6, 6.07) is 8.88. The third-order valence-corrected chi connectivity index (χ3v) is 4.23. The molecule has 0 N–H and O–H groups in total. The van der Waals surface area contributed by atoms with E-state index in [2.05, 4.69) is 0 Å². The monoisotopic (exact) mass is 400 g/mol. The molecule has 2 aromatic rings. The lowest BCUT2D eigenvalue weighted by Crippen LogP contribution is -2.11. The van der Waals surface area contributed by atoms with Crippen molar-refractivity contribution in [3.63, 3.8) is 0 Å². The normalized spacial score (nSPS) is 10.4. The van der Waals surface area contributed by atoms with Crippen molar-refractivity contribution in [1.29, 1.82) is 0 Å². The van der Waals surface area contributed by atoms with Crippen LogP contribution in [0.5, 0.6) is 5.75 Å². The van der Waals surface area contributed by atoms with Gasteiger partial charge in [0, 0.05) is 11.1 Å². The van der Waals surface area contributed by atoms with E-state index < -0.39 is 11.9 Å². The summed E-state index contributed by atoms with van der Waals surface area (Å²) in [6.45, 7) is 2.33. The van der Waals surface area contributed by atoms with E-state index in [0.717, 1.165) is 12.8 Å². The number of unbranched alkanes of at least 4 members (excludes halogenated alkanes) is 1. The molecule has 0 amide bonds. The first kappa shape index (κ1) is 19.6. The zero-order valence-corrected chi connectivity index (χ0v) is 15.6. The zero-order chi connectivity index (χ0) is 18.4. The summed E-state index contributed by atoms with van der Waals surface area (Å²) in [5, 5.41) is 0.533. The Kier molecular flexibility index (Phi) is 7.12. The van der Waals surface area contributed by atoms with Crippen molar-refractivity contribution in [2.75, 3.05) is 6.61 Å². The largest absolute Gasteiger partial charge is 0.462 e. The minimum atomic E-state index is -0.691. The van der Waals surface area contributed by atoms with Gasteiger partial charge in [0.1, 0.15) is 5.02 Å². The van der Waals surface area contributed by atoms with E-state index in [1.54, 1.807) is 12.1 Å². The molecule has 0 heterocycles. The maximum absolute atomic E-state index is 12.3. The molecule has 0 saturated carbocycles. The van der Waals surface area contributed by atoms with Crippen LogP contribution < -0.4 is 4.74 Å². The predicted octanol–water partition coefficient (Wildman–Crippen LogP) is 5.82. The average molecular weight is 402 g/mol. The Balaban J connectivity index is 2.15. The fourth-order valence-corrected chi connectivity index (χ4v) is 2.55. The molecule has 7 heteroatoms. The van der Waals surface area contributed by atoms with E-state index in [1.807, 2.05) is 6.92 Å². The molecule has 0 aliphatic carbocycles. The first-order chi connectivity index (χ1) is 11.9. The summed E-state index contributed by atoms with van der Waals surface area (Å²) in [4.78, 5) is 24.3. The number of hydrogen-bond donors (Lipinski definition) is 0. The van der Waals surface area contributed by atoms with E-state index >= 15 is 0 Å². The number of halogens is 3. The quantitative estimate of drug-likeness (QED) is 0.265. The Labute approximate surface area is 160 Å². The van der Waals surface area contributed by atoms with Crippen LogP contribution in [0, 0.1) is 0 Å². The van der Waals surface area contributed by atoms with E-state index in [9.17, 15) is 9.59 Å². The molecule has 0 radical (unpaired) electrons. The third kappa shape index (κ3) is 5.36. The maximum Gasteiger partial charge on any atom is 0.343 e. The molecular formula is C18H15Cl3O4. The summed E-state index contributed by atoms with van der Waals surface area (Å²) in [6.07, 6.45) is 1.70. The van der Waals surface area contributed by atoms with Crippen molar-refractivity contribution in [1.82, 2.24) is 0 Å². The second-order valence-corrected chi connectivity index (χ2v) is 6.38. The van der Waals surface area contributed by atoms with Crippen LogP contribution in [0.3, 0.4) is 0 Å². The summed E-state index contributed by atoms with van der Waals surface area (Å²) < 4.78 is 10.4. The molecule has 0 fully saturated rings. The smallest absolute Gasteiger partial charge is 0.343 e. The van der Waals surface area contributed by atoms with Gasteiger partial charge in [-0.05, 0) is 30.7 Å². The van der Waals surface area contributed by atoms with Gasteiger partial charge in [-0.15, -0.1) is 0 Å². The van der Waals surface area contributed by atoms with Gasteiger partial charge in [0.05, 0.1) is 22.8 Å². The Bertz CT molecular complexity index is 790. The highest BCUT2D eigenvalue weighted by molar-refractivity contribution is 6.44. The van der Waals surface area contributed by atoms with Crippen molar-refractivity contribution in [3.05, 3.63) is 62.6 Å². The molecular weight excluding hydrogens is 387 g/mol. The third-order valence-electron chi connectivity index (χ3n) is 3.23. The molecule has 0 atom stereocenters. The summed E-state index contributed by atoms with van der Waals surface area (Å²) >= 11 is 17.8. The van der Waals surface area contributed by atoms with Crippen LogP contribution in [0.4, 0.5) is 0 Å². The van der Waals surface area contributed by atoms with Crippen LogP contribution in [0.25, 0.3) is 0 Å². The second-order valence-electron chi connectivity index (χ2n) is 5.16. The van der Waals surface area contributed by atoms with Gasteiger partial charge in [0.15, 0.2) is 5.75 Å². The maximum atomic E-state index is 12.3. The van der Waals surface area contributed by atoms with Crippen LogP contribution >= 0.6 is 34.8 Å². The van der Waals surface area contributed by atoms with Gasteiger partial charge >= 0.3 is 11.9 Å².